The summed E-state index contributed by atoms with van der Waals surface area (Å²) in [7, 11) is 1.43. The number of thioether (sulfide) groups is 1. The predicted octanol–water partition coefficient (Wildman–Crippen LogP) is 3.57. The van der Waals surface area contributed by atoms with Crippen molar-refractivity contribution in [3.05, 3.63) is 42.9 Å². The molecule has 3 aromatic rings. The minimum absolute atomic E-state index is 0.0159. The van der Waals surface area contributed by atoms with E-state index in [0.29, 0.717) is 22.4 Å². The van der Waals surface area contributed by atoms with Crippen LogP contribution in [-0.4, -0.2) is 62.9 Å². The smallest absolute Gasteiger partial charge is 0.247 e. The van der Waals surface area contributed by atoms with Crippen LogP contribution in [0.15, 0.2) is 42.2 Å². The number of hydrogen-bond acceptors (Lipinski definition) is 8. The number of halogens is 1. The van der Waals surface area contributed by atoms with Crippen molar-refractivity contribution in [2.24, 2.45) is 0 Å². The van der Waals surface area contributed by atoms with Crippen LogP contribution in [0.1, 0.15) is 13.8 Å². The van der Waals surface area contributed by atoms with Crippen molar-refractivity contribution in [3.8, 4) is 5.75 Å². The van der Waals surface area contributed by atoms with E-state index in [-0.39, 0.29) is 11.4 Å². The largest absolute Gasteiger partial charge is 0.494 e. The Balaban J connectivity index is 1.90. The van der Waals surface area contributed by atoms with E-state index in [1.165, 1.54) is 19.2 Å². The Morgan fingerprint density at radius 2 is 2.09 bits per heavy atom. The average Bonchev–Trinajstić information content (AvgIpc) is 3.27. The van der Waals surface area contributed by atoms with Crippen LogP contribution in [0, 0.1) is 5.82 Å². The third-order valence-corrected chi connectivity index (χ3v) is 5.57. The number of nitrogens with zero attached hydrogens (tertiary/aromatic N) is 5. The predicted molar refractivity (Wildman–Crippen MR) is 124 cm³/mol. The molecule has 2 heterocycles. The highest BCUT2D eigenvalue weighted by Crippen LogP contribution is 2.33. The molecule has 0 radical (unpaired) electrons. The quantitative estimate of drug-likeness (QED) is 0.332. The molecule has 0 saturated heterocycles. The molecular formula is C21H26FN7O2S. The number of nitrogens with one attached hydrogen (secondary N) is 2. The average molecular weight is 460 g/mol. The summed E-state index contributed by atoms with van der Waals surface area (Å²) in [6, 6.07) is 4.39. The van der Waals surface area contributed by atoms with Crippen LogP contribution in [0.3, 0.4) is 0 Å². The summed E-state index contributed by atoms with van der Waals surface area (Å²) >= 11 is 1.55. The Bertz CT molecular complexity index is 1100. The van der Waals surface area contributed by atoms with E-state index in [1.807, 2.05) is 0 Å². The molecule has 0 aliphatic rings. The van der Waals surface area contributed by atoms with Gasteiger partial charge in [0.05, 0.1) is 24.7 Å². The summed E-state index contributed by atoms with van der Waals surface area (Å²) in [6.07, 6.45) is 2.69. The van der Waals surface area contributed by atoms with E-state index in [0.717, 1.165) is 31.5 Å². The highest BCUT2D eigenvalue weighted by Gasteiger charge is 2.16. The third kappa shape index (κ3) is 5.54. The zero-order valence-electron chi connectivity index (χ0n) is 18.3. The molecule has 0 spiro atoms. The number of methoxy groups -OCH3 is 1. The van der Waals surface area contributed by atoms with Gasteiger partial charge in [0.1, 0.15) is 5.75 Å². The van der Waals surface area contributed by atoms with Gasteiger partial charge in [-0.1, -0.05) is 32.2 Å². The number of ether oxygens (including phenoxy) is 1. The number of aromatic nitrogens is 4. The SMILES string of the molecule is C=CC(=O)Nc1cc(Nc2nc(SCCN(CC)CC)nc3ccnn23)c(OC)cc1F. The first-order valence-corrected chi connectivity index (χ1v) is 11.1. The highest BCUT2D eigenvalue weighted by molar-refractivity contribution is 7.99. The van der Waals surface area contributed by atoms with Crippen LogP contribution in [0.2, 0.25) is 0 Å². The van der Waals surface area contributed by atoms with Crippen molar-refractivity contribution < 1.29 is 13.9 Å². The molecule has 2 N–H and O–H groups in total. The van der Waals surface area contributed by atoms with Crippen molar-refractivity contribution in [2.45, 2.75) is 19.0 Å². The topological polar surface area (TPSA) is 96.7 Å². The zero-order valence-corrected chi connectivity index (χ0v) is 19.1. The second kappa shape index (κ2) is 10.9. The number of carbonyl (C=O) groups excluding carboxylic acids is 1. The lowest BCUT2D eigenvalue weighted by Crippen LogP contribution is -2.25. The zero-order chi connectivity index (χ0) is 23.1. The summed E-state index contributed by atoms with van der Waals surface area (Å²) in [6.45, 7) is 10.5. The number of anilines is 3. The molecule has 0 atom stereocenters. The van der Waals surface area contributed by atoms with E-state index in [9.17, 15) is 9.18 Å². The summed E-state index contributed by atoms with van der Waals surface area (Å²) in [5, 5.41) is 10.4. The Kier molecular flexibility index (Phi) is 8.01. The molecule has 170 valence electrons. The van der Waals surface area contributed by atoms with Gasteiger partial charge in [0, 0.05) is 24.4 Å². The fourth-order valence-electron chi connectivity index (χ4n) is 2.98. The first-order valence-electron chi connectivity index (χ1n) is 10.1. The maximum atomic E-state index is 14.4. The molecule has 3 rings (SSSR count). The summed E-state index contributed by atoms with van der Waals surface area (Å²) in [5.74, 6) is 0.304. The monoisotopic (exact) mass is 459 g/mol. The second-order valence-corrected chi connectivity index (χ2v) is 7.72. The van der Waals surface area contributed by atoms with Crippen molar-refractivity contribution in [2.75, 3.05) is 43.1 Å². The van der Waals surface area contributed by atoms with Crippen molar-refractivity contribution in [3.63, 3.8) is 0 Å². The number of rotatable bonds is 11. The van der Waals surface area contributed by atoms with Crippen LogP contribution in [-0.2, 0) is 4.79 Å². The van der Waals surface area contributed by atoms with E-state index >= 15 is 0 Å². The number of fused-ring (bicyclic) bond motifs is 1. The summed E-state index contributed by atoms with van der Waals surface area (Å²) < 4.78 is 21.2. The molecule has 2 aromatic heterocycles. The lowest BCUT2D eigenvalue weighted by molar-refractivity contribution is -0.111. The van der Waals surface area contributed by atoms with Crippen molar-refractivity contribution in [1.29, 1.82) is 0 Å². The molecule has 1 aromatic carbocycles. The van der Waals surface area contributed by atoms with Crippen LogP contribution in [0.5, 0.6) is 5.75 Å². The van der Waals surface area contributed by atoms with Crippen LogP contribution in [0.25, 0.3) is 5.65 Å². The summed E-state index contributed by atoms with van der Waals surface area (Å²) in [5.41, 5.74) is 1.01. The van der Waals surface area contributed by atoms with E-state index in [1.54, 1.807) is 28.5 Å². The first kappa shape index (κ1) is 23.5. The van der Waals surface area contributed by atoms with Gasteiger partial charge in [-0.3, -0.25) is 4.79 Å². The molecule has 1 amide bonds. The van der Waals surface area contributed by atoms with Crippen LogP contribution < -0.4 is 15.4 Å². The fourth-order valence-corrected chi connectivity index (χ4v) is 3.82. The van der Waals surface area contributed by atoms with Gasteiger partial charge in [0.2, 0.25) is 11.9 Å². The molecule has 9 nitrogen and oxygen atoms in total. The Morgan fingerprint density at radius 3 is 2.78 bits per heavy atom. The maximum Gasteiger partial charge on any atom is 0.247 e. The minimum atomic E-state index is -0.637. The number of carbonyl (C=O) groups is 1. The molecule has 0 aliphatic heterocycles. The lowest BCUT2D eigenvalue weighted by atomic mass is 10.2. The molecule has 0 unspecified atom stereocenters. The number of amides is 1. The first-order chi connectivity index (χ1) is 15.5. The molecule has 0 fully saturated rings. The van der Waals surface area contributed by atoms with Gasteiger partial charge in [-0.05, 0) is 25.2 Å². The Morgan fingerprint density at radius 1 is 1.31 bits per heavy atom. The van der Waals surface area contributed by atoms with Gasteiger partial charge in [-0.25, -0.2) is 9.37 Å². The van der Waals surface area contributed by atoms with Gasteiger partial charge in [0.25, 0.3) is 0 Å². The highest BCUT2D eigenvalue weighted by atomic mass is 32.2. The van der Waals surface area contributed by atoms with Gasteiger partial charge in [0.15, 0.2) is 16.6 Å². The number of hydrogen-bond donors (Lipinski definition) is 2. The molecule has 11 heteroatoms. The molecule has 0 saturated carbocycles. The van der Waals surface area contributed by atoms with E-state index in [2.05, 4.69) is 51.0 Å². The maximum absolute atomic E-state index is 14.4. The Labute approximate surface area is 190 Å². The molecule has 0 bridgehead atoms. The van der Waals surface area contributed by atoms with Crippen LogP contribution >= 0.6 is 11.8 Å². The number of benzene rings is 1. The third-order valence-electron chi connectivity index (χ3n) is 4.75. The fraction of sp³-hybridized carbons (Fsp3) is 0.333. The van der Waals surface area contributed by atoms with Crippen molar-refractivity contribution in [1.82, 2.24) is 24.5 Å². The van der Waals surface area contributed by atoms with Gasteiger partial charge in [-0.15, -0.1) is 0 Å². The van der Waals surface area contributed by atoms with E-state index in [4.69, 9.17) is 4.74 Å². The lowest BCUT2D eigenvalue weighted by Gasteiger charge is -2.17. The Hall–Kier alpha value is -3.18. The standard InChI is InChI=1S/C21H26FN7O2S/c1-5-19(30)24-15-13-16(17(31-4)12-14(15)22)25-20-27-21(26-18-8-9-23-29(18)20)32-11-10-28(6-2)7-3/h5,8-9,12-13H,1,6-7,10-11H2,2-4H3,(H,24,30)(H,25,26,27). The molecular weight excluding hydrogens is 433 g/mol. The van der Waals surface area contributed by atoms with Gasteiger partial charge >= 0.3 is 0 Å². The normalized spacial score (nSPS) is 11.0. The van der Waals surface area contributed by atoms with Crippen molar-refractivity contribution >= 4 is 40.6 Å². The minimum Gasteiger partial charge on any atom is -0.494 e. The van der Waals surface area contributed by atoms with Gasteiger partial charge in [-0.2, -0.15) is 14.6 Å². The molecule has 32 heavy (non-hydrogen) atoms. The summed E-state index contributed by atoms with van der Waals surface area (Å²) in [4.78, 5) is 23.1. The second-order valence-electron chi connectivity index (χ2n) is 6.66. The van der Waals surface area contributed by atoms with E-state index < -0.39 is 11.7 Å². The van der Waals surface area contributed by atoms with Gasteiger partial charge < -0.3 is 20.3 Å². The molecule has 0 aliphatic carbocycles. The van der Waals surface area contributed by atoms with Crippen LogP contribution in [0.4, 0.5) is 21.7 Å².